The van der Waals surface area contributed by atoms with Crippen LogP contribution in [0, 0.1) is 0 Å². The van der Waals surface area contributed by atoms with Crippen molar-refractivity contribution in [3.05, 3.63) is 28.6 Å². The number of hydrogen-bond donors (Lipinski definition) is 2. The summed E-state index contributed by atoms with van der Waals surface area (Å²) in [5.41, 5.74) is 6.46. The molecular weight excluding hydrogens is 250 g/mol. The summed E-state index contributed by atoms with van der Waals surface area (Å²) >= 11 is 3.25. The smallest absolute Gasteiger partial charge is 0.339 e. The molecule has 0 aliphatic heterocycles. The first kappa shape index (κ1) is 9.01. The number of aromatic carboxylic acids is 1. The maximum Gasteiger partial charge on any atom is 0.339 e. The van der Waals surface area contributed by atoms with E-state index in [0.29, 0.717) is 4.47 Å². The van der Waals surface area contributed by atoms with E-state index in [1.807, 2.05) is 0 Å². The van der Waals surface area contributed by atoms with E-state index in [9.17, 15) is 4.79 Å². The lowest BCUT2D eigenvalue weighted by Crippen LogP contribution is -2.07. The van der Waals surface area contributed by atoms with Gasteiger partial charge in [-0.2, -0.15) is 0 Å². The number of nitrogens with zero attached hydrogens (tertiary/aromatic N) is 2. The number of carbonyl (C=O) groups is 1. The molecule has 2 aromatic heterocycles. The predicted octanol–water partition coefficient (Wildman–Crippen LogP) is 1.38. The van der Waals surface area contributed by atoms with Gasteiger partial charge in [0.15, 0.2) is 0 Å². The van der Waals surface area contributed by atoms with Gasteiger partial charge in [0.2, 0.25) is 0 Å². The standard InChI is InChI=1S/C8H6BrN3O2/c9-5-1-4(8(13)14)7(10)12-3-11-2-6(5)12/h1-3H,10H2,(H,13,14). The summed E-state index contributed by atoms with van der Waals surface area (Å²) < 4.78 is 2.18. The number of halogens is 1. The van der Waals surface area contributed by atoms with Gasteiger partial charge < -0.3 is 10.8 Å². The third kappa shape index (κ3) is 1.15. The van der Waals surface area contributed by atoms with Gasteiger partial charge in [-0.25, -0.2) is 9.78 Å². The molecule has 0 unspecified atom stereocenters. The molecule has 0 bridgehead atoms. The SMILES string of the molecule is Nc1c(C(=O)O)cc(Br)c2cncn12. The number of nitrogen functional groups attached to an aromatic ring is 1. The fraction of sp³-hybridized carbons (Fsp3) is 0. The number of imidazole rings is 1. The lowest BCUT2D eigenvalue weighted by molar-refractivity contribution is 0.0697. The van der Waals surface area contributed by atoms with Crippen LogP contribution in [-0.4, -0.2) is 20.5 Å². The first-order chi connectivity index (χ1) is 6.61. The van der Waals surface area contributed by atoms with Crippen molar-refractivity contribution in [1.82, 2.24) is 9.38 Å². The molecule has 0 radical (unpaired) electrons. The molecule has 5 nitrogen and oxygen atoms in total. The Bertz CT molecular complexity index is 521. The largest absolute Gasteiger partial charge is 0.478 e. The van der Waals surface area contributed by atoms with Crippen LogP contribution < -0.4 is 5.73 Å². The number of carboxylic acid groups (broad SMARTS) is 1. The number of anilines is 1. The molecule has 0 spiro atoms. The highest BCUT2D eigenvalue weighted by atomic mass is 79.9. The first-order valence-electron chi connectivity index (χ1n) is 3.74. The summed E-state index contributed by atoms with van der Waals surface area (Å²) in [7, 11) is 0. The molecule has 6 heteroatoms. The van der Waals surface area contributed by atoms with Crippen molar-refractivity contribution in [2.45, 2.75) is 0 Å². The highest BCUT2D eigenvalue weighted by Gasteiger charge is 2.13. The number of pyridine rings is 1. The zero-order valence-corrected chi connectivity index (χ0v) is 8.52. The summed E-state index contributed by atoms with van der Waals surface area (Å²) in [5, 5.41) is 8.85. The van der Waals surface area contributed by atoms with E-state index in [2.05, 4.69) is 20.9 Å². The van der Waals surface area contributed by atoms with Gasteiger partial charge in [0.25, 0.3) is 0 Å². The molecule has 0 fully saturated rings. The number of rotatable bonds is 1. The van der Waals surface area contributed by atoms with Crippen molar-refractivity contribution < 1.29 is 9.90 Å². The fourth-order valence-corrected chi connectivity index (χ4v) is 1.76. The van der Waals surface area contributed by atoms with Crippen LogP contribution in [0.5, 0.6) is 0 Å². The van der Waals surface area contributed by atoms with Gasteiger partial charge in [-0.3, -0.25) is 4.40 Å². The molecule has 0 atom stereocenters. The molecule has 72 valence electrons. The molecule has 3 N–H and O–H groups in total. The lowest BCUT2D eigenvalue weighted by atomic mass is 10.2. The summed E-state index contributed by atoms with van der Waals surface area (Å²) in [4.78, 5) is 14.7. The average Bonchev–Trinajstić information content (AvgIpc) is 2.59. The lowest BCUT2D eigenvalue weighted by Gasteiger charge is -2.05. The topological polar surface area (TPSA) is 80.6 Å². The van der Waals surface area contributed by atoms with Crippen molar-refractivity contribution in [1.29, 1.82) is 0 Å². The van der Waals surface area contributed by atoms with Gasteiger partial charge in [0.05, 0.1) is 11.7 Å². The van der Waals surface area contributed by atoms with Gasteiger partial charge in [-0.15, -0.1) is 0 Å². The van der Waals surface area contributed by atoms with Crippen LogP contribution in [0.3, 0.4) is 0 Å². The van der Waals surface area contributed by atoms with Crippen molar-refractivity contribution in [3.63, 3.8) is 0 Å². The Labute approximate surface area is 87.3 Å². The van der Waals surface area contributed by atoms with Crippen LogP contribution in [0.25, 0.3) is 5.52 Å². The van der Waals surface area contributed by atoms with E-state index < -0.39 is 5.97 Å². The molecule has 0 saturated carbocycles. The molecule has 0 aliphatic rings. The highest BCUT2D eigenvalue weighted by Crippen LogP contribution is 2.24. The first-order valence-corrected chi connectivity index (χ1v) is 4.54. The van der Waals surface area contributed by atoms with Crippen LogP contribution >= 0.6 is 15.9 Å². The third-order valence-electron chi connectivity index (χ3n) is 1.92. The van der Waals surface area contributed by atoms with E-state index in [0.717, 1.165) is 5.52 Å². The highest BCUT2D eigenvalue weighted by molar-refractivity contribution is 9.10. The minimum absolute atomic E-state index is 0.0578. The Morgan fingerprint density at radius 1 is 1.64 bits per heavy atom. The molecule has 0 amide bonds. The zero-order chi connectivity index (χ0) is 10.3. The number of aromatic nitrogens is 2. The van der Waals surface area contributed by atoms with Crippen molar-refractivity contribution >= 4 is 33.2 Å². The van der Waals surface area contributed by atoms with Crippen LogP contribution in [0.1, 0.15) is 10.4 Å². The molecule has 0 saturated heterocycles. The van der Waals surface area contributed by atoms with Gasteiger partial charge >= 0.3 is 5.97 Å². The number of fused-ring (bicyclic) bond motifs is 1. The molecule has 2 heterocycles. The Morgan fingerprint density at radius 3 is 3.00 bits per heavy atom. The van der Waals surface area contributed by atoms with Gasteiger partial charge in [-0.1, -0.05) is 0 Å². The quantitative estimate of drug-likeness (QED) is 0.807. The van der Waals surface area contributed by atoms with Gasteiger partial charge in [0, 0.05) is 4.47 Å². The molecule has 2 rings (SSSR count). The Kier molecular flexibility index (Phi) is 1.92. The third-order valence-corrected chi connectivity index (χ3v) is 2.56. The summed E-state index contributed by atoms with van der Waals surface area (Å²) in [6.07, 6.45) is 3.08. The van der Waals surface area contributed by atoms with Crippen molar-refractivity contribution in [2.24, 2.45) is 0 Å². The van der Waals surface area contributed by atoms with Gasteiger partial charge in [-0.05, 0) is 22.0 Å². The maximum absolute atomic E-state index is 10.8. The Balaban J connectivity index is 2.88. The fourth-order valence-electron chi connectivity index (χ4n) is 1.24. The minimum atomic E-state index is -1.06. The second-order valence-electron chi connectivity index (χ2n) is 2.75. The van der Waals surface area contributed by atoms with Crippen LogP contribution in [0.15, 0.2) is 23.1 Å². The van der Waals surface area contributed by atoms with Crippen LogP contribution in [0.2, 0.25) is 0 Å². The van der Waals surface area contributed by atoms with E-state index >= 15 is 0 Å². The average molecular weight is 256 g/mol. The molecular formula is C8H6BrN3O2. The zero-order valence-electron chi connectivity index (χ0n) is 6.94. The second kappa shape index (κ2) is 2.98. The minimum Gasteiger partial charge on any atom is -0.478 e. The Morgan fingerprint density at radius 2 is 2.36 bits per heavy atom. The summed E-state index contributed by atoms with van der Waals surface area (Å²) in [6.45, 7) is 0. The van der Waals surface area contributed by atoms with E-state index in [1.165, 1.54) is 16.8 Å². The second-order valence-corrected chi connectivity index (χ2v) is 3.60. The van der Waals surface area contributed by atoms with E-state index in [-0.39, 0.29) is 11.4 Å². The number of hydrogen-bond acceptors (Lipinski definition) is 3. The predicted molar refractivity (Wildman–Crippen MR) is 54.3 cm³/mol. The molecule has 2 aromatic rings. The monoisotopic (exact) mass is 255 g/mol. The Hall–Kier alpha value is -1.56. The van der Waals surface area contributed by atoms with Crippen LogP contribution in [-0.2, 0) is 0 Å². The molecule has 0 aliphatic carbocycles. The number of carboxylic acids is 1. The van der Waals surface area contributed by atoms with E-state index in [4.69, 9.17) is 10.8 Å². The van der Waals surface area contributed by atoms with Crippen molar-refractivity contribution in [2.75, 3.05) is 5.73 Å². The molecule has 14 heavy (non-hydrogen) atoms. The number of nitrogens with two attached hydrogens (primary N) is 1. The van der Waals surface area contributed by atoms with E-state index in [1.54, 1.807) is 6.20 Å². The van der Waals surface area contributed by atoms with Crippen LogP contribution in [0.4, 0.5) is 5.82 Å². The summed E-state index contributed by atoms with van der Waals surface area (Å²) in [6, 6.07) is 1.47. The van der Waals surface area contributed by atoms with Gasteiger partial charge in [0.1, 0.15) is 17.7 Å². The van der Waals surface area contributed by atoms with Crippen molar-refractivity contribution in [3.8, 4) is 0 Å². The summed E-state index contributed by atoms with van der Waals surface area (Å²) in [5.74, 6) is -0.882. The molecule has 0 aromatic carbocycles. The normalized spacial score (nSPS) is 10.6. The maximum atomic E-state index is 10.8.